The molecule has 0 heterocycles. The molecule has 1 aromatic carbocycles. The van der Waals surface area contributed by atoms with E-state index in [4.69, 9.17) is 5.73 Å². The van der Waals surface area contributed by atoms with Crippen LogP contribution in [0.15, 0.2) is 18.2 Å². The lowest BCUT2D eigenvalue weighted by Crippen LogP contribution is -2.34. The van der Waals surface area contributed by atoms with Crippen LogP contribution in [0.3, 0.4) is 0 Å². The topological polar surface area (TPSA) is 29.3 Å². The van der Waals surface area contributed by atoms with Gasteiger partial charge in [-0.15, -0.1) is 0 Å². The van der Waals surface area contributed by atoms with Crippen LogP contribution in [0.4, 0.5) is 5.69 Å². The maximum absolute atomic E-state index is 5.84. The molecule has 0 fully saturated rings. The average Bonchev–Trinajstić information content (AvgIpc) is 2.34. The summed E-state index contributed by atoms with van der Waals surface area (Å²) in [5.74, 6) is 1.16. The molecule has 0 amide bonds. The molecule has 2 N–H and O–H groups in total. The van der Waals surface area contributed by atoms with Gasteiger partial charge in [0.15, 0.2) is 0 Å². The van der Waals surface area contributed by atoms with Crippen molar-refractivity contribution in [1.29, 1.82) is 0 Å². The number of anilines is 1. The highest BCUT2D eigenvalue weighted by molar-refractivity contribution is 7.98. The van der Waals surface area contributed by atoms with Crippen LogP contribution >= 0.6 is 11.8 Å². The molecular weight excluding hydrogens is 228 g/mol. The number of rotatable bonds is 6. The van der Waals surface area contributed by atoms with Gasteiger partial charge in [0, 0.05) is 31.1 Å². The Morgan fingerprint density at radius 2 is 2.12 bits per heavy atom. The molecule has 1 atom stereocenters. The largest absolute Gasteiger partial charge is 0.371 e. The van der Waals surface area contributed by atoms with Crippen molar-refractivity contribution in [3.05, 3.63) is 29.3 Å². The first-order valence-corrected chi connectivity index (χ1v) is 7.54. The van der Waals surface area contributed by atoms with E-state index >= 15 is 0 Å². The van der Waals surface area contributed by atoms with E-state index in [2.05, 4.69) is 50.2 Å². The fourth-order valence-corrected chi connectivity index (χ4v) is 2.96. The molecule has 0 aromatic heterocycles. The normalized spacial score (nSPS) is 12.5. The van der Waals surface area contributed by atoms with Gasteiger partial charge in [-0.05, 0) is 31.2 Å². The van der Waals surface area contributed by atoms with Crippen molar-refractivity contribution in [2.45, 2.75) is 32.9 Å². The van der Waals surface area contributed by atoms with Gasteiger partial charge in [-0.1, -0.05) is 24.6 Å². The van der Waals surface area contributed by atoms with Crippen LogP contribution in [-0.2, 0) is 6.54 Å². The lowest BCUT2D eigenvalue weighted by atomic mass is 10.1. The summed E-state index contributed by atoms with van der Waals surface area (Å²) in [6.07, 6.45) is 3.32. The Labute approximate surface area is 110 Å². The third kappa shape index (κ3) is 3.65. The van der Waals surface area contributed by atoms with E-state index in [1.54, 1.807) is 0 Å². The van der Waals surface area contributed by atoms with E-state index in [-0.39, 0.29) is 0 Å². The Balaban J connectivity index is 2.97. The third-order valence-corrected chi connectivity index (χ3v) is 3.93. The molecule has 0 aliphatic carbocycles. The van der Waals surface area contributed by atoms with E-state index in [1.807, 2.05) is 11.8 Å². The fourth-order valence-electron chi connectivity index (χ4n) is 2.11. The predicted octanol–water partition coefficient (Wildman–Crippen LogP) is 3.03. The summed E-state index contributed by atoms with van der Waals surface area (Å²) >= 11 is 1.90. The molecule has 0 aliphatic rings. The Kier molecular flexibility index (Phi) is 5.86. The van der Waals surface area contributed by atoms with E-state index in [9.17, 15) is 0 Å². The van der Waals surface area contributed by atoms with Gasteiger partial charge in [0.2, 0.25) is 0 Å². The van der Waals surface area contributed by atoms with Gasteiger partial charge in [-0.3, -0.25) is 0 Å². The Bertz CT molecular complexity index is 352. The van der Waals surface area contributed by atoms with Crippen molar-refractivity contribution >= 4 is 17.4 Å². The SMILES string of the molecule is CCC(CSC)N(C)c1ccc(C)cc1CN. The van der Waals surface area contributed by atoms with E-state index in [0.717, 1.165) is 12.2 Å². The first-order valence-electron chi connectivity index (χ1n) is 6.15. The summed E-state index contributed by atoms with van der Waals surface area (Å²) in [4.78, 5) is 2.37. The molecule has 0 saturated carbocycles. The van der Waals surface area contributed by atoms with Crippen molar-refractivity contribution in [3.63, 3.8) is 0 Å². The van der Waals surface area contributed by atoms with Crippen LogP contribution in [0.25, 0.3) is 0 Å². The van der Waals surface area contributed by atoms with Crippen LogP contribution in [0, 0.1) is 6.92 Å². The Morgan fingerprint density at radius 3 is 2.65 bits per heavy atom. The van der Waals surface area contributed by atoms with Gasteiger partial charge in [0.05, 0.1) is 0 Å². The molecule has 17 heavy (non-hydrogen) atoms. The molecule has 0 bridgehead atoms. The summed E-state index contributed by atoms with van der Waals surface area (Å²) in [5.41, 5.74) is 9.64. The quantitative estimate of drug-likeness (QED) is 0.844. The highest BCUT2D eigenvalue weighted by atomic mass is 32.2. The fraction of sp³-hybridized carbons (Fsp3) is 0.571. The van der Waals surface area contributed by atoms with E-state index in [1.165, 1.54) is 16.8 Å². The third-order valence-electron chi connectivity index (χ3n) is 3.21. The van der Waals surface area contributed by atoms with Gasteiger partial charge >= 0.3 is 0 Å². The molecular formula is C14H24N2S. The van der Waals surface area contributed by atoms with Crippen LogP contribution in [0.1, 0.15) is 24.5 Å². The molecule has 0 spiro atoms. The molecule has 1 rings (SSSR count). The highest BCUT2D eigenvalue weighted by Crippen LogP contribution is 2.24. The maximum Gasteiger partial charge on any atom is 0.0412 e. The molecule has 0 aliphatic heterocycles. The number of hydrogen-bond acceptors (Lipinski definition) is 3. The molecule has 0 radical (unpaired) electrons. The zero-order valence-electron chi connectivity index (χ0n) is 11.4. The minimum Gasteiger partial charge on any atom is -0.371 e. The molecule has 96 valence electrons. The zero-order chi connectivity index (χ0) is 12.8. The number of nitrogens with two attached hydrogens (primary N) is 1. The van der Waals surface area contributed by atoms with Crippen LogP contribution in [0.2, 0.25) is 0 Å². The first-order chi connectivity index (χ1) is 8.13. The Morgan fingerprint density at radius 1 is 1.41 bits per heavy atom. The first kappa shape index (κ1) is 14.4. The van der Waals surface area contributed by atoms with Gasteiger partial charge in [-0.2, -0.15) is 11.8 Å². The van der Waals surface area contributed by atoms with Crippen molar-refractivity contribution < 1.29 is 0 Å². The van der Waals surface area contributed by atoms with Gasteiger partial charge in [0.1, 0.15) is 0 Å². The number of aryl methyl sites for hydroxylation is 1. The summed E-state index contributed by atoms with van der Waals surface area (Å²) in [6, 6.07) is 7.13. The van der Waals surface area contributed by atoms with Crippen LogP contribution in [-0.4, -0.2) is 25.1 Å². The summed E-state index contributed by atoms with van der Waals surface area (Å²) in [7, 11) is 2.17. The van der Waals surface area contributed by atoms with Crippen molar-refractivity contribution in [1.82, 2.24) is 0 Å². The summed E-state index contributed by atoms with van der Waals surface area (Å²) < 4.78 is 0. The Hall–Kier alpha value is -0.670. The number of benzene rings is 1. The minimum absolute atomic E-state index is 0.581. The smallest absolute Gasteiger partial charge is 0.0412 e. The van der Waals surface area contributed by atoms with E-state index in [0.29, 0.717) is 12.6 Å². The monoisotopic (exact) mass is 252 g/mol. The molecule has 0 saturated heterocycles. The van der Waals surface area contributed by atoms with Gasteiger partial charge in [-0.25, -0.2) is 0 Å². The summed E-state index contributed by atoms with van der Waals surface area (Å²) in [6.45, 7) is 4.97. The zero-order valence-corrected chi connectivity index (χ0v) is 12.2. The summed E-state index contributed by atoms with van der Waals surface area (Å²) in [5, 5.41) is 0. The molecule has 2 nitrogen and oxygen atoms in total. The van der Waals surface area contributed by atoms with Gasteiger partial charge < -0.3 is 10.6 Å². The number of hydrogen-bond donors (Lipinski definition) is 1. The lowest BCUT2D eigenvalue weighted by molar-refractivity contribution is 0.670. The number of nitrogens with zero attached hydrogens (tertiary/aromatic N) is 1. The van der Waals surface area contributed by atoms with Gasteiger partial charge in [0.25, 0.3) is 0 Å². The average molecular weight is 252 g/mol. The van der Waals surface area contributed by atoms with E-state index < -0.39 is 0 Å². The second-order valence-corrected chi connectivity index (χ2v) is 5.38. The second-order valence-electron chi connectivity index (χ2n) is 4.46. The second kappa shape index (κ2) is 6.92. The maximum atomic E-state index is 5.84. The predicted molar refractivity (Wildman–Crippen MR) is 79.9 cm³/mol. The highest BCUT2D eigenvalue weighted by Gasteiger charge is 2.15. The molecule has 3 heteroatoms. The number of thioether (sulfide) groups is 1. The lowest BCUT2D eigenvalue weighted by Gasteiger charge is -2.30. The van der Waals surface area contributed by atoms with Crippen LogP contribution in [0.5, 0.6) is 0 Å². The van der Waals surface area contributed by atoms with Crippen molar-refractivity contribution in [2.24, 2.45) is 5.73 Å². The molecule has 1 unspecified atom stereocenters. The molecule has 1 aromatic rings. The minimum atomic E-state index is 0.581. The van der Waals surface area contributed by atoms with Crippen molar-refractivity contribution in [3.8, 4) is 0 Å². The van der Waals surface area contributed by atoms with Crippen LogP contribution < -0.4 is 10.6 Å². The standard InChI is InChI=1S/C14H24N2S/c1-5-13(10-17-4)16(3)14-7-6-11(2)8-12(14)9-15/h6-8,13H,5,9-10,15H2,1-4H3. The van der Waals surface area contributed by atoms with Crippen molar-refractivity contribution in [2.75, 3.05) is 24.0 Å².